The highest BCUT2D eigenvalue weighted by Gasteiger charge is 2.28. The van der Waals surface area contributed by atoms with Crippen LogP contribution in [0.2, 0.25) is 0 Å². The molecule has 0 atom stereocenters. The van der Waals surface area contributed by atoms with E-state index in [0.29, 0.717) is 11.9 Å². The third-order valence-electron chi connectivity index (χ3n) is 3.44. The molecule has 9 nitrogen and oxygen atoms in total. The van der Waals surface area contributed by atoms with Crippen molar-refractivity contribution in [1.82, 2.24) is 30.8 Å². The van der Waals surface area contributed by atoms with E-state index in [0.717, 1.165) is 24.1 Å². The summed E-state index contributed by atoms with van der Waals surface area (Å²) in [5.41, 5.74) is 1.62. The predicted molar refractivity (Wildman–Crippen MR) is 82.6 cm³/mol. The zero-order valence-electron chi connectivity index (χ0n) is 12.6. The number of aromatic nitrogens is 4. The summed E-state index contributed by atoms with van der Waals surface area (Å²) in [6.07, 6.45) is 2.19. The SMILES string of the molecule is CNC(=O)NC(=O)CNc1cccc(-c2nnnn2C2CC2)c1. The number of benzene rings is 1. The number of hydrogen-bond acceptors (Lipinski definition) is 6. The van der Waals surface area contributed by atoms with E-state index >= 15 is 0 Å². The van der Waals surface area contributed by atoms with Crippen LogP contribution in [0.5, 0.6) is 0 Å². The van der Waals surface area contributed by atoms with Crippen molar-refractivity contribution in [2.75, 3.05) is 18.9 Å². The first-order valence-electron chi connectivity index (χ1n) is 7.31. The Morgan fingerprint density at radius 1 is 1.35 bits per heavy atom. The topological polar surface area (TPSA) is 114 Å². The highest BCUT2D eigenvalue weighted by Crippen LogP contribution is 2.36. The van der Waals surface area contributed by atoms with Crippen molar-refractivity contribution >= 4 is 17.6 Å². The molecule has 0 unspecified atom stereocenters. The smallest absolute Gasteiger partial charge is 0.321 e. The summed E-state index contributed by atoms with van der Waals surface area (Å²) in [7, 11) is 1.45. The fraction of sp³-hybridized carbons (Fsp3) is 0.357. The molecule has 120 valence electrons. The lowest BCUT2D eigenvalue weighted by Crippen LogP contribution is -2.40. The Balaban J connectivity index is 1.67. The largest absolute Gasteiger partial charge is 0.376 e. The van der Waals surface area contributed by atoms with Crippen molar-refractivity contribution in [1.29, 1.82) is 0 Å². The minimum absolute atomic E-state index is 0.00949. The number of nitrogens with zero attached hydrogens (tertiary/aromatic N) is 4. The number of imide groups is 1. The quantitative estimate of drug-likeness (QED) is 0.742. The molecule has 1 fully saturated rings. The molecule has 0 spiro atoms. The van der Waals surface area contributed by atoms with Crippen LogP contribution in [0, 0.1) is 0 Å². The monoisotopic (exact) mass is 315 g/mol. The van der Waals surface area contributed by atoms with E-state index in [1.165, 1.54) is 7.05 Å². The molecule has 1 aliphatic rings. The van der Waals surface area contributed by atoms with Gasteiger partial charge in [-0.25, -0.2) is 9.48 Å². The second kappa shape index (κ2) is 6.42. The summed E-state index contributed by atoms with van der Waals surface area (Å²) in [5, 5.41) is 19.3. The first kappa shape index (κ1) is 14.9. The summed E-state index contributed by atoms with van der Waals surface area (Å²) in [6.45, 7) is -0.00949. The molecule has 0 radical (unpaired) electrons. The molecule has 3 N–H and O–H groups in total. The van der Waals surface area contributed by atoms with Crippen molar-refractivity contribution in [3.8, 4) is 11.4 Å². The Morgan fingerprint density at radius 2 is 2.17 bits per heavy atom. The van der Waals surface area contributed by atoms with E-state index < -0.39 is 11.9 Å². The number of hydrogen-bond donors (Lipinski definition) is 3. The Labute approximate surface area is 132 Å². The maximum atomic E-state index is 11.6. The van der Waals surface area contributed by atoms with Crippen LogP contribution in [0.1, 0.15) is 18.9 Å². The standard InChI is InChI=1S/C14H17N7O2/c1-15-14(23)17-12(22)8-16-10-4-2-3-9(7-10)13-18-19-20-21(13)11-5-6-11/h2-4,7,11,16H,5-6,8H2,1H3,(H2,15,17,22,23). The van der Waals surface area contributed by atoms with Crippen LogP contribution in [-0.4, -0.2) is 45.7 Å². The van der Waals surface area contributed by atoms with Gasteiger partial charge in [0.1, 0.15) is 0 Å². The Hall–Kier alpha value is -2.97. The molecule has 1 heterocycles. The average Bonchev–Trinajstić information content (AvgIpc) is 3.29. The van der Waals surface area contributed by atoms with Crippen molar-refractivity contribution in [2.45, 2.75) is 18.9 Å². The van der Waals surface area contributed by atoms with Crippen LogP contribution >= 0.6 is 0 Å². The summed E-state index contributed by atoms with van der Waals surface area (Å²) in [4.78, 5) is 22.6. The molecule has 0 saturated heterocycles. The van der Waals surface area contributed by atoms with Gasteiger partial charge in [0.05, 0.1) is 12.6 Å². The molecule has 2 aromatic rings. The highest BCUT2D eigenvalue weighted by atomic mass is 16.2. The highest BCUT2D eigenvalue weighted by molar-refractivity contribution is 5.96. The molecule has 3 rings (SSSR count). The third kappa shape index (κ3) is 3.62. The predicted octanol–water partition coefficient (Wildman–Crippen LogP) is 0.542. The number of tetrazole rings is 1. The maximum absolute atomic E-state index is 11.6. The van der Waals surface area contributed by atoms with E-state index in [1.807, 2.05) is 28.9 Å². The van der Waals surface area contributed by atoms with Crippen molar-refractivity contribution in [3.05, 3.63) is 24.3 Å². The lowest BCUT2D eigenvalue weighted by molar-refractivity contribution is -0.118. The van der Waals surface area contributed by atoms with Gasteiger partial charge in [0, 0.05) is 18.3 Å². The zero-order chi connectivity index (χ0) is 16.2. The van der Waals surface area contributed by atoms with E-state index in [9.17, 15) is 9.59 Å². The number of amides is 3. The van der Waals surface area contributed by atoms with E-state index in [1.54, 1.807) is 0 Å². The number of carbonyl (C=O) groups is 2. The van der Waals surface area contributed by atoms with Gasteiger partial charge in [-0.1, -0.05) is 12.1 Å². The minimum Gasteiger partial charge on any atom is -0.376 e. The molecule has 9 heteroatoms. The van der Waals surface area contributed by atoms with Gasteiger partial charge >= 0.3 is 6.03 Å². The fourth-order valence-electron chi connectivity index (χ4n) is 2.13. The first-order chi connectivity index (χ1) is 11.2. The second-order valence-electron chi connectivity index (χ2n) is 5.24. The minimum atomic E-state index is -0.533. The number of rotatable bonds is 5. The van der Waals surface area contributed by atoms with Crippen LogP contribution in [0.15, 0.2) is 24.3 Å². The van der Waals surface area contributed by atoms with Gasteiger partial charge in [-0.15, -0.1) is 5.10 Å². The summed E-state index contributed by atoms with van der Waals surface area (Å²) >= 11 is 0. The van der Waals surface area contributed by atoms with Gasteiger partial charge in [-0.3, -0.25) is 10.1 Å². The van der Waals surface area contributed by atoms with Gasteiger partial charge in [0.2, 0.25) is 5.91 Å². The summed E-state index contributed by atoms with van der Waals surface area (Å²) in [6, 6.07) is 7.34. The van der Waals surface area contributed by atoms with E-state index in [-0.39, 0.29) is 6.54 Å². The fourth-order valence-corrected chi connectivity index (χ4v) is 2.13. The van der Waals surface area contributed by atoms with E-state index in [2.05, 4.69) is 31.5 Å². The van der Waals surface area contributed by atoms with Crippen LogP contribution in [0.25, 0.3) is 11.4 Å². The van der Waals surface area contributed by atoms with Crippen LogP contribution in [0.3, 0.4) is 0 Å². The molecule has 1 saturated carbocycles. The molecule has 1 aromatic carbocycles. The number of urea groups is 1. The average molecular weight is 315 g/mol. The van der Waals surface area contributed by atoms with E-state index in [4.69, 9.17) is 0 Å². The maximum Gasteiger partial charge on any atom is 0.321 e. The number of anilines is 1. The third-order valence-corrected chi connectivity index (χ3v) is 3.44. The van der Waals surface area contributed by atoms with Crippen LogP contribution < -0.4 is 16.0 Å². The summed E-state index contributed by atoms with van der Waals surface area (Å²) in [5.74, 6) is 0.295. The van der Waals surface area contributed by atoms with Crippen molar-refractivity contribution in [3.63, 3.8) is 0 Å². The number of nitrogens with one attached hydrogen (secondary N) is 3. The molecule has 3 amide bonds. The van der Waals surface area contributed by atoms with Crippen molar-refractivity contribution in [2.24, 2.45) is 0 Å². The second-order valence-corrected chi connectivity index (χ2v) is 5.24. The lowest BCUT2D eigenvalue weighted by Gasteiger charge is -2.08. The molecular formula is C14H17N7O2. The van der Waals surface area contributed by atoms with Crippen LogP contribution in [0.4, 0.5) is 10.5 Å². The molecule has 0 bridgehead atoms. The molecule has 0 aliphatic heterocycles. The number of carbonyl (C=O) groups excluding carboxylic acids is 2. The van der Waals surface area contributed by atoms with Gasteiger partial charge in [0.25, 0.3) is 0 Å². The van der Waals surface area contributed by atoms with Gasteiger partial charge in [-0.2, -0.15) is 0 Å². The Kier molecular flexibility index (Phi) is 4.18. The Morgan fingerprint density at radius 3 is 2.91 bits per heavy atom. The zero-order valence-corrected chi connectivity index (χ0v) is 12.6. The first-order valence-corrected chi connectivity index (χ1v) is 7.31. The van der Waals surface area contributed by atoms with Gasteiger partial charge in [0.15, 0.2) is 5.82 Å². The molecular weight excluding hydrogens is 298 g/mol. The molecule has 23 heavy (non-hydrogen) atoms. The van der Waals surface area contributed by atoms with Crippen molar-refractivity contribution < 1.29 is 9.59 Å². The summed E-state index contributed by atoms with van der Waals surface area (Å²) < 4.78 is 1.83. The van der Waals surface area contributed by atoms with Crippen LogP contribution in [-0.2, 0) is 4.79 Å². The van der Waals surface area contributed by atoms with Gasteiger partial charge in [-0.05, 0) is 35.4 Å². The normalized spacial score (nSPS) is 13.4. The van der Waals surface area contributed by atoms with Gasteiger partial charge < -0.3 is 10.6 Å². The molecule has 1 aromatic heterocycles. The Bertz CT molecular complexity index is 723. The lowest BCUT2D eigenvalue weighted by atomic mass is 10.2. The molecule has 1 aliphatic carbocycles.